The van der Waals surface area contributed by atoms with Crippen LogP contribution in [-0.4, -0.2) is 17.0 Å². The van der Waals surface area contributed by atoms with E-state index in [0.29, 0.717) is 18.5 Å². The van der Waals surface area contributed by atoms with E-state index in [4.69, 9.17) is 4.42 Å². The largest absolute Gasteiger partial charge is 0.467 e. The lowest BCUT2D eigenvalue weighted by Crippen LogP contribution is -2.41. The number of amidine groups is 1. The molecule has 1 atom stereocenters. The van der Waals surface area contributed by atoms with Gasteiger partial charge in [-0.05, 0) is 24.5 Å². The van der Waals surface area contributed by atoms with E-state index < -0.39 is 0 Å². The third-order valence-electron chi connectivity index (χ3n) is 2.74. The van der Waals surface area contributed by atoms with Gasteiger partial charge in [-0.15, -0.1) is 0 Å². The second-order valence-corrected chi connectivity index (χ2v) is 5.42. The van der Waals surface area contributed by atoms with Crippen LogP contribution in [0.15, 0.2) is 27.8 Å². The van der Waals surface area contributed by atoms with E-state index in [0.717, 1.165) is 16.7 Å². The number of hydrogen-bond acceptors (Lipinski definition) is 3. The van der Waals surface area contributed by atoms with Gasteiger partial charge >= 0.3 is 0 Å². The molecule has 0 aromatic carbocycles. The summed E-state index contributed by atoms with van der Waals surface area (Å²) in [5.74, 6) is 2.74. The first-order valence-corrected chi connectivity index (χ1v) is 6.70. The highest BCUT2D eigenvalue weighted by Crippen LogP contribution is 2.19. The van der Waals surface area contributed by atoms with Crippen LogP contribution in [0.4, 0.5) is 0 Å². The molecule has 1 unspecified atom stereocenters. The molecule has 0 aliphatic carbocycles. The molecule has 0 bridgehead atoms. The molecule has 1 fully saturated rings. The summed E-state index contributed by atoms with van der Waals surface area (Å²) in [4.78, 5) is 4.53. The van der Waals surface area contributed by atoms with Gasteiger partial charge in [0.15, 0.2) is 5.17 Å². The minimum atomic E-state index is 0.566. The minimum Gasteiger partial charge on any atom is -0.467 e. The van der Waals surface area contributed by atoms with E-state index in [1.165, 1.54) is 6.42 Å². The van der Waals surface area contributed by atoms with Crippen LogP contribution in [0.5, 0.6) is 0 Å². The molecule has 0 amide bonds. The zero-order chi connectivity index (χ0) is 11.4. The van der Waals surface area contributed by atoms with Gasteiger partial charge in [0.1, 0.15) is 5.76 Å². The van der Waals surface area contributed by atoms with Gasteiger partial charge in [0.2, 0.25) is 0 Å². The first-order valence-electron chi connectivity index (χ1n) is 5.72. The fourth-order valence-corrected chi connectivity index (χ4v) is 2.65. The van der Waals surface area contributed by atoms with Crippen LogP contribution in [0.25, 0.3) is 0 Å². The summed E-state index contributed by atoms with van der Waals surface area (Å²) >= 11 is 1.80. The smallest absolute Gasteiger partial charge is 0.157 e. The van der Waals surface area contributed by atoms with Crippen LogP contribution < -0.4 is 5.32 Å². The highest BCUT2D eigenvalue weighted by atomic mass is 32.2. The summed E-state index contributed by atoms with van der Waals surface area (Å²) in [6.45, 7) is 5.13. The molecule has 2 rings (SSSR count). The van der Waals surface area contributed by atoms with Crippen LogP contribution in [0.2, 0.25) is 0 Å². The van der Waals surface area contributed by atoms with Crippen molar-refractivity contribution in [2.24, 2.45) is 10.9 Å². The number of furan rings is 1. The molecular weight excluding hydrogens is 220 g/mol. The Morgan fingerprint density at radius 3 is 3.19 bits per heavy atom. The molecule has 4 heteroatoms. The average Bonchev–Trinajstić information content (AvgIpc) is 2.79. The number of nitrogens with one attached hydrogen (secondary N) is 1. The molecule has 1 aliphatic rings. The monoisotopic (exact) mass is 238 g/mol. The van der Waals surface area contributed by atoms with Crippen LogP contribution in [-0.2, 0) is 6.54 Å². The molecular formula is C12H18N2OS. The van der Waals surface area contributed by atoms with Gasteiger partial charge in [0, 0.05) is 11.8 Å². The Morgan fingerprint density at radius 2 is 2.50 bits per heavy atom. The van der Waals surface area contributed by atoms with Crippen molar-refractivity contribution in [1.29, 1.82) is 0 Å². The lowest BCUT2D eigenvalue weighted by molar-refractivity contribution is 0.441. The molecule has 0 saturated carbocycles. The molecule has 1 aromatic rings. The zero-order valence-corrected chi connectivity index (χ0v) is 10.6. The Kier molecular flexibility index (Phi) is 3.93. The highest BCUT2D eigenvalue weighted by Gasteiger charge is 2.19. The highest BCUT2D eigenvalue weighted by molar-refractivity contribution is 8.13. The van der Waals surface area contributed by atoms with E-state index in [-0.39, 0.29) is 0 Å². The SMILES string of the molecule is CC(C)C1CCSC(=NCc2ccco2)N1. The summed E-state index contributed by atoms with van der Waals surface area (Å²) in [7, 11) is 0. The normalized spacial score (nSPS) is 23.7. The number of thioether (sulfide) groups is 1. The zero-order valence-electron chi connectivity index (χ0n) is 9.77. The van der Waals surface area contributed by atoms with Crippen molar-refractivity contribution in [2.75, 3.05) is 5.75 Å². The lowest BCUT2D eigenvalue weighted by atomic mass is 10.0. The topological polar surface area (TPSA) is 37.5 Å². The van der Waals surface area contributed by atoms with Crippen molar-refractivity contribution in [1.82, 2.24) is 5.32 Å². The van der Waals surface area contributed by atoms with Crippen molar-refractivity contribution in [3.8, 4) is 0 Å². The van der Waals surface area contributed by atoms with Gasteiger partial charge in [-0.1, -0.05) is 25.6 Å². The van der Waals surface area contributed by atoms with Crippen LogP contribution in [0.1, 0.15) is 26.0 Å². The van der Waals surface area contributed by atoms with Gasteiger partial charge in [-0.2, -0.15) is 0 Å². The van der Waals surface area contributed by atoms with Crippen LogP contribution in [0.3, 0.4) is 0 Å². The fourth-order valence-electron chi connectivity index (χ4n) is 1.70. The number of rotatable bonds is 3. The van der Waals surface area contributed by atoms with E-state index >= 15 is 0 Å². The van der Waals surface area contributed by atoms with Crippen molar-refractivity contribution in [2.45, 2.75) is 32.9 Å². The fraction of sp³-hybridized carbons (Fsp3) is 0.583. The minimum absolute atomic E-state index is 0.566. The van der Waals surface area contributed by atoms with Gasteiger partial charge in [0.25, 0.3) is 0 Å². The molecule has 88 valence electrons. The standard InChI is InChI=1S/C12H18N2OS/c1-9(2)11-5-7-16-12(14-11)13-8-10-4-3-6-15-10/h3-4,6,9,11H,5,7-8H2,1-2H3,(H,13,14). The quantitative estimate of drug-likeness (QED) is 0.880. The van der Waals surface area contributed by atoms with Gasteiger partial charge < -0.3 is 9.73 Å². The lowest BCUT2D eigenvalue weighted by Gasteiger charge is -2.28. The van der Waals surface area contributed by atoms with Crippen LogP contribution in [0, 0.1) is 5.92 Å². The van der Waals surface area contributed by atoms with E-state index in [1.54, 1.807) is 18.0 Å². The first-order chi connectivity index (χ1) is 7.75. The summed E-state index contributed by atoms with van der Waals surface area (Å²) in [5.41, 5.74) is 0. The Morgan fingerprint density at radius 1 is 1.62 bits per heavy atom. The number of nitrogens with zero attached hydrogens (tertiary/aromatic N) is 1. The molecule has 1 aromatic heterocycles. The second kappa shape index (κ2) is 5.43. The summed E-state index contributed by atoms with van der Waals surface area (Å²) in [6, 6.07) is 4.42. The van der Waals surface area contributed by atoms with Gasteiger partial charge in [-0.3, -0.25) is 4.99 Å². The third-order valence-corrected chi connectivity index (χ3v) is 3.70. The van der Waals surface area contributed by atoms with E-state index in [2.05, 4.69) is 24.2 Å². The van der Waals surface area contributed by atoms with Gasteiger partial charge in [0.05, 0.1) is 12.8 Å². The molecule has 16 heavy (non-hydrogen) atoms. The summed E-state index contributed by atoms with van der Waals surface area (Å²) in [6.07, 6.45) is 2.91. The van der Waals surface area contributed by atoms with Crippen LogP contribution >= 0.6 is 11.8 Å². The Labute approximate surface area is 101 Å². The van der Waals surface area contributed by atoms with Crippen molar-refractivity contribution in [3.05, 3.63) is 24.2 Å². The maximum atomic E-state index is 5.25. The van der Waals surface area contributed by atoms with Crippen molar-refractivity contribution < 1.29 is 4.42 Å². The van der Waals surface area contributed by atoms with Gasteiger partial charge in [-0.25, -0.2) is 0 Å². The molecule has 1 N–H and O–H groups in total. The first kappa shape index (κ1) is 11.6. The van der Waals surface area contributed by atoms with Crippen molar-refractivity contribution >= 4 is 16.9 Å². The molecule has 1 aliphatic heterocycles. The molecule has 3 nitrogen and oxygen atoms in total. The maximum Gasteiger partial charge on any atom is 0.157 e. The molecule has 1 saturated heterocycles. The second-order valence-electron chi connectivity index (χ2n) is 4.33. The predicted octanol–water partition coefficient (Wildman–Crippen LogP) is 2.89. The molecule has 0 radical (unpaired) electrons. The summed E-state index contributed by atoms with van der Waals surface area (Å²) < 4.78 is 5.25. The Balaban J connectivity index is 1.91. The summed E-state index contributed by atoms with van der Waals surface area (Å²) in [5, 5.41) is 4.54. The predicted molar refractivity (Wildman–Crippen MR) is 68.7 cm³/mol. The maximum absolute atomic E-state index is 5.25. The third kappa shape index (κ3) is 3.04. The Hall–Kier alpha value is -0.900. The number of hydrogen-bond donors (Lipinski definition) is 1. The average molecular weight is 238 g/mol. The van der Waals surface area contributed by atoms with E-state index in [9.17, 15) is 0 Å². The Bertz CT molecular complexity index is 346. The number of aliphatic imine (C=N–C) groups is 1. The van der Waals surface area contributed by atoms with E-state index in [1.807, 2.05) is 12.1 Å². The molecule has 2 heterocycles. The van der Waals surface area contributed by atoms with Crippen molar-refractivity contribution in [3.63, 3.8) is 0 Å². The molecule has 0 spiro atoms.